The number of nitrogens with zero attached hydrogens (tertiary/aromatic N) is 2. The second kappa shape index (κ2) is 12.9. The molecule has 1 aliphatic heterocycles. The van der Waals surface area contributed by atoms with Crippen molar-refractivity contribution in [2.75, 3.05) is 30.9 Å². The lowest BCUT2D eigenvalue weighted by Crippen LogP contribution is -2.48. The summed E-state index contributed by atoms with van der Waals surface area (Å²) in [5.41, 5.74) is 0.630. The summed E-state index contributed by atoms with van der Waals surface area (Å²) in [5, 5.41) is 1.06. The molecule has 1 N–H and O–H groups in total. The maximum atomic E-state index is 14.2. The molecule has 12 heteroatoms. The van der Waals surface area contributed by atoms with Crippen molar-refractivity contribution < 1.29 is 22.3 Å². The van der Waals surface area contributed by atoms with Crippen LogP contribution in [0, 0.1) is 5.82 Å². The highest BCUT2D eigenvalue weighted by atomic mass is 35.5. The van der Waals surface area contributed by atoms with E-state index in [1.807, 2.05) is 4.90 Å². The number of piperazine rings is 1. The number of amides is 1. The van der Waals surface area contributed by atoms with Gasteiger partial charge in [0.25, 0.3) is 15.9 Å². The van der Waals surface area contributed by atoms with Crippen molar-refractivity contribution in [3.8, 4) is 11.5 Å². The number of anilines is 1. The Balaban J connectivity index is 1.27. The summed E-state index contributed by atoms with van der Waals surface area (Å²) in [5.74, 6) is 0.0942. The van der Waals surface area contributed by atoms with E-state index in [1.165, 1.54) is 48.5 Å². The molecular formula is C30H25Cl3FN3O4S. The molecule has 1 aliphatic rings. The summed E-state index contributed by atoms with van der Waals surface area (Å²) >= 11 is 18.5. The molecule has 1 fully saturated rings. The molecule has 0 atom stereocenters. The number of sulfonamides is 1. The molecule has 218 valence electrons. The molecule has 0 aliphatic carbocycles. The zero-order chi connectivity index (χ0) is 29.9. The average Bonchev–Trinajstić information content (AvgIpc) is 2.97. The van der Waals surface area contributed by atoms with Gasteiger partial charge in [-0.05, 0) is 66.7 Å². The smallest absolute Gasteiger partial charge is 0.261 e. The summed E-state index contributed by atoms with van der Waals surface area (Å²) < 4.78 is 49.0. The first kappa shape index (κ1) is 30.1. The Morgan fingerprint density at radius 3 is 2.24 bits per heavy atom. The largest absolute Gasteiger partial charge is 0.456 e. The number of halogens is 4. The van der Waals surface area contributed by atoms with E-state index in [-0.39, 0.29) is 32.9 Å². The van der Waals surface area contributed by atoms with Gasteiger partial charge in [0.2, 0.25) is 0 Å². The number of ether oxygens (including phenoxy) is 1. The molecule has 0 bridgehead atoms. The third-order valence-electron chi connectivity index (χ3n) is 6.76. The normalized spacial score (nSPS) is 14.0. The summed E-state index contributed by atoms with van der Waals surface area (Å²) in [4.78, 5) is 17.1. The van der Waals surface area contributed by atoms with Gasteiger partial charge in [0.05, 0.1) is 21.2 Å². The van der Waals surface area contributed by atoms with Gasteiger partial charge in [0.15, 0.2) is 0 Å². The number of carbonyl (C=O) groups excluding carboxylic acids is 1. The highest BCUT2D eigenvalue weighted by Gasteiger charge is 2.27. The zero-order valence-corrected chi connectivity index (χ0v) is 25.2. The minimum atomic E-state index is -4.06. The molecule has 7 nitrogen and oxygen atoms in total. The third-order valence-corrected chi connectivity index (χ3v) is 9.04. The topological polar surface area (TPSA) is 78.9 Å². The molecule has 4 aromatic rings. The van der Waals surface area contributed by atoms with Crippen molar-refractivity contribution in [3.63, 3.8) is 0 Å². The number of rotatable bonds is 8. The standard InChI is InChI=1S/C30H25Cl3FN3O4S/c31-20-8-13-28(35-42(39,40)22-11-9-21(10-12-22)41-29-7-2-1-4-26(29)33)23(18-20)30(38)37-16-14-36(15-17-37)19-24-25(32)5-3-6-27(24)34/h1-13,18,35H,14-17,19H2. The van der Waals surface area contributed by atoms with E-state index in [0.717, 1.165) is 0 Å². The Kier molecular flexibility index (Phi) is 9.25. The molecule has 0 spiro atoms. The molecule has 0 unspecified atom stereocenters. The van der Waals surface area contributed by atoms with Gasteiger partial charge in [0.1, 0.15) is 17.3 Å². The third kappa shape index (κ3) is 6.99. The van der Waals surface area contributed by atoms with Crippen LogP contribution in [0.25, 0.3) is 0 Å². The van der Waals surface area contributed by atoms with Crippen LogP contribution in [0.1, 0.15) is 15.9 Å². The highest BCUT2D eigenvalue weighted by molar-refractivity contribution is 7.92. The summed E-state index contributed by atoms with van der Waals surface area (Å²) in [6.45, 7) is 2.01. The van der Waals surface area contributed by atoms with Crippen LogP contribution in [0.3, 0.4) is 0 Å². The molecule has 5 rings (SSSR count). The van der Waals surface area contributed by atoms with Crippen LogP contribution in [0.15, 0.2) is 89.8 Å². The fraction of sp³-hybridized carbons (Fsp3) is 0.167. The minimum absolute atomic E-state index is 0.0252. The highest BCUT2D eigenvalue weighted by Crippen LogP contribution is 2.31. The lowest BCUT2D eigenvalue weighted by Gasteiger charge is -2.35. The van der Waals surface area contributed by atoms with E-state index in [9.17, 15) is 17.6 Å². The van der Waals surface area contributed by atoms with Gasteiger partial charge < -0.3 is 9.64 Å². The fourth-order valence-electron chi connectivity index (χ4n) is 4.51. The van der Waals surface area contributed by atoms with E-state index in [4.69, 9.17) is 39.5 Å². The zero-order valence-electron chi connectivity index (χ0n) is 22.1. The Labute approximate surface area is 258 Å². The van der Waals surface area contributed by atoms with Gasteiger partial charge in [-0.1, -0.05) is 53.0 Å². The summed E-state index contributed by atoms with van der Waals surface area (Å²) in [6.07, 6.45) is 0. The van der Waals surface area contributed by atoms with Crippen molar-refractivity contribution in [3.05, 3.63) is 117 Å². The van der Waals surface area contributed by atoms with Crippen LogP contribution >= 0.6 is 34.8 Å². The Bertz CT molecular complexity index is 1690. The molecule has 0 aromatic heterocycles. The van der Waals surface area contributed by atoms with Crippen LogP contribution in [-0.4, -0.2) is 50.3 Å². The number of nitrogens with one attached hydrogen (secondary N) is 1. The minimum Gasteiger partial charge on any atom is -0.456 e. The lowest BCUT2D eigenvalue weighted by atomic mass is 10.1. The van der Waals surface area contributed by atoms with Gasteiger partial charge in [-0.15, -0.1) is 0 Å². The van der Waals surface area contributed by atoms with Gasteiger partial charge in [0, 0.05) is 48.3 Å². The molecule has 42 heavy (non-hydrogen) atoms. The maximum absolute atomic E-state index is 14.2. The molecule has 1 saturated heterocycles. The molecular weight excluding hydrogens is 624 g/mol. The maximum Gasteiger partial charge on any atom is 0.261 e. The van der Waals surface area contributed by atoms with Crippen molar-refractivity contribution in [2.45, 2.75) is 11.4 Å². The fourth-order valence-corrected chi connectivity index (χ4v) is 6.16. The lowest BCUT2D eigenvalue weighted by molar-refractivity contribution is 0.0628. The Morgan fingerprint density at radius 1 is 0.857 bits per heavy atom. The number of benzene rings is 4. The van der Waals surface area contributed by atoms with Crippen LogP contribution in [-0.2, 0) is 16.6 Å². The predicted molar refractivity (Wildman–Crippen MR) is 163 cm³/mol. The number of carbonyl (C=O) groups is 1. The second-order valence-corrected chi connectivity index (χ2v) is 12.5. The Morgan fingerprint density at radius 2 is 1.55 bits per heavy atom. The van der Waals surface area contributed by atoms with E-state index >= 15 is 0 Å². The van der Waals surface area contributed by atoms with Crippen LogP contribution in [0.4, 0.5) is 10.1 Å². The van der Waals surface area contributed by atoms with Crippen molar-refractivity contribution in [1.29, 1.82) is 0 Å². The first-order valence-electron chi connectivity index (χ1n) is 12.9. The van der Waals surface area contributed by atoms with Crippen LogP contribution in [0.2, 0.25) is 15.1 Å². The summed E-state index contributed by atoms with van der Waals surface area (Å²) in [7, 11) is -4.06. The van der Waals surface area contributed by atoms with Crippen LogP contribution < -0.4 is 9.46 Å². The van der Waals surface area contributed by atoms with Gasteiger partial charge >= 0.3 is 0 Å². The first-order valence-corrected chi connectivity index (χ1v) is 15.5. The number of hydrogen-bond acceptors (Lipinski definition) is 5. The van der Waals surface area contributed by atoms with Gasteiger partial charge in [-0.2, -0.15) is 0 Å². The molecule has 4 aromatic carbocycles. The first-order chi connectivity index (χ1) is 20.1. The van der Waals surface area contributed by atoms with Gasteiger partial charge in [-0.3, -0.25) is 14.4 Å². The average molecular weight is 649 g/mol. The van der Waals surface area contributed by atoms with E-state index in [2.05, 4.69) is 4.72 Å². The molecule has 1 heterocycles. The Hall–Kier alpha value is -3.34. The van der Waals surface area contributed by atoms with Crippen LogP contribution in [0.5, 0.6) is 11.5 Å². The van der Waals surface area contributed by atoms with E-state index < -0.39 is 10.0 Å². The molecule has 1 amide bonds. The second-order valence-electron chi connectivity index (χ2n) is 9.57. The number of para-hydroxylation sites is 1. The molecule has 0 saturated carbocycles. The van der Waals surface area contributed by atoms with Crippen molar-refractivity contribution >= 4 is 56.4 Å². The SMILES string of the molecule is O=C(c1cc(Cl)ccc1NS(=O)(=O)c1ccc(Oc2ccccc2Cl)cc1)N1CCN(Cc2c(F)cccc2Cl)CC1. The summed E-state index contributed by atoms with van der Waals surface area (Å²) in [6, 6.07) is 21.7. The monoisotopic (exact) mass is 647 g/mol. The number of hydrogen-bond donors (Lipinski definition) is 1. The van der Waals surface area contributed by atoms with Gasteiger partial charge in [-0.25, -0.2) is 12.8 Å². The predicted octanol–water partition coefficient (Wildman–Crippen LogP) is 7.34. The quantitative estimate of drug-likeness (QED) is 0.216. The molecule has 0 radical (unpaired) electrons. The van der Waals surface area contributed by atoms with Crippen molar-refractivity contribution in [2.24, 2.45) is 0 Å². The van der Waals surface area contributed by atoms with E-state index in [1.54, 1.807) is 41.3 Å². The van der Waals surface area contributed by atoms with E-state index in [0.29, 0.717) is 59.8 Å². The van der Waals surface area contributed by atoms with Crippen molar-refractivity contribution in [1.82, 2.24) is 9.80 Å².